The molecule has 0 aromatic heterocycles. The molecule has 2 rings (SSSR count). The molecular formula is C13H15ClN2O3. The number of nitrogens with zero attached hydrogens (tertiary/aromatic N) is 1. The predicted octanol–water partition coefficient (Wildman–Crippen LogP) is 2.22. The Balaban J connectivity index is 2.51. The number of halogens is 1. The second kappa shape index (κ2) is 5.48. The van der Waals surface area contributed by atoms with Gasteiger partial charge in [-0.15, -0.1) is 0 Å². The van der Waals surface area contributed by atoms with Gasteiger partial charge in [-0.2, -0.15) is 5.10 Å². The zero-order valence-corrected chi connectivity index (χ0v) is 11.7. The first-order chi connectivity index (χ1) is 9.08. The molecule has 0 radical (unpaired) electrons. The molecule has 1 aliphatic rings. The molecule has 19 heavy (non-hydrogen) atoms. The normalized spacial score (nSPS) is 18.6. The van der Waals surface area contributed by atoms with Gasteiger partial charge >= 0.3 is 0 Å². The number of amides is 1. The van der Waals surface area contributed by atoms with E-state index in [1.807, 2.05) is 13.0 Å². The van der Waals surface area contributed by atoms with Crippen molar-refractivity contribution in [3.05, 3.63) is 22.7 Å². The van der Waals surface area contributed by atoms with Crippen LogP contribution in [0.15, 0.2) is 17.2 Å². The minimum atomic E-state index is -0.0881. The van der Waals surface area contributed by atoms with Gasteiger partial charge in [-0.05, 0) is 12.1 Å². The Morgan fingerprint density at radius 3 is 2.68 bits per heavy atom. The minimum Gasteiger partial charge on any atom is -0.495 e. The second-order valence-electron chi connectivity index (χ2n) is 4.30. The average molecular weight is 283 g/mol. The van der Waals surface area contributed by atoms with Gasteiger partial charge in [0.25, 0.3) is 0 Å². The molecule has 0 bridgehead atoms. The van der Waals surface area contributed by atoms with E-state index >= 15 is 0 Å². The van der Waals surface area contributed by atoms with Crippen LogP contribution in [-0.4, -0.2) is 25.8 Å². The molecule has 1 N–H and O–H groups in total. The Bertz CT molecular complexity index is 543. The summed E-state index contributed by atoms with van der Waals surface area (Å²) in [6.07, 6.45) is 0.394. The van der Waals surface area contributed by atoms with Crippen molar-refractivity contribution in [2.24, 2.45) is 11.0 Å². The number of carbonyl (C=O) groups is 1. The lowest BCUT2D eigenvalue weighted by molar-refractivity contribution is -0.121. The number of benzene rings is 1. The third-order valence-corrected chi connectivity index (χ3v) is 3.38. The fourth-order valence-corrected chi connectivity index (χ4v) is 2.39. The molecule has 102 valence electrons. The highest BCUT2D eigenvalue weighted by atomic mass is 35.5. The van der Waals surface area contributed by atoms with Crippen molar-refractivity contribution in [1.82, 2.24) is 5.43 Å². The average Bonchev–Trinajstić information content (AvgIpc) is 2.38. The van der Waals surface area contributed by atoms with Gasteiger partial charge in [-0.1, -0.05) is 18.5 Å². The fraction of sp³-hybridized carbons (Fsp3) is 0.385. The number of carbonyl (C=O) groups excluding carboxylic acids is 1. The third kappa shape index (κ3) is 2.51. The molecule has 1 heterocycles. The number of methoxy groups -OCH3 is 2. The lowest BCUT2D eigenvalue weighted by atomic mass is 9.93. The number of nitrogens with one attached hydrogen (secondary N) is 1. The molecule has 0 aliphatic carbocycles. The number of rotatable bonds is 3. The lowest BCUT2D eigenvalue weighted by Gasteiger charge is -2.21. The standard InChI is InChI=1S/C13H15ClN2O3/c1-7-6-10(17)15-16-12(7)8-4-5-9(18-2)11(14)13(8)19-3/h4-5,7H,6H2,1-3H3,(H,15,17). The van der Waals surface area contributed by atoms with Crippen LogP contribution in [0.4, 0.5) is 0 Å². The first-order valence-corrected chi connectivity index (χ1v) is 6.23. The molecule has 1 amide bonds. The summed E-state index contributed by atoms with van der Waals surface area (Å²) in [5.74, 6) is 0.958. The largest absolute Gasteiger partial charge is 0.495 e. The molecule has 1 aliphatic heterocycles. The quantitative estimate of drug-likeness (QED) is 0.925. The SMILES string of the molecule is COc1ccc(C2=NNC(=O)CC2C)c(OC)c1Cl. The zero-order valence-electron chi connectivity index (χ0n) is 11.0. The Labute approximate surface area is 116 Å². The van der Waals surface area contributed by atoms with E-state index in [2.05, 4.69) is 10.5 Å². The number of hydrogen-bond donors (Lipinski definition) is 1. The van der Waals surface area contributed by atoms with Gasteiger partial charge in [0, 0.05) is 17.9 Å². The summed E-state index contributed by atoms with van der Waals surface area (Å²) in [6.45, 7) is 1.94. The maximum atomic E-state index is 11.3. The van der Waals surface area contributed by atoms with Crippen molar-refractivity contribution in [1.29, 1.82) is 0 Å². The monoisotopic (exact) mass is 282 g/mol. The minimum absolute atomic E-state index is 0.00658. The summed E-state index contributed by atoms with van der Waals surface area (Å²) in [4.78, 5) is 11.3. The second-order valence-corrected chi connectivity index (χ2v) is 4.68. The Hall–Kier alpha value is -1.75. The van der Waals surface area contributed by atoms with E-state index in [0.29, 0.717) is 22.9 Å². The molecule has 1 unspecified atom stereocenters. The highest BCUT2D eigenvalue weighted by molar-refractivity contribution is 6.34. The summed E-state index contributed by atoms with van der Waals surface area (Å²) in [5.41, 5.74) is 4.00. The van der Waals surface area contributed by atoms with Gasteiger partial charge in [0.05, 0.1) is 19.9 Å². The van der Waals surface area contributed by atoms with Crippen LogP contribution in [0.3, 0.4) is 0 Å². The topological polar surface area (TPSA) is 59.9 Å². The van der Waals surface area contributed by atoms with Gasteiger partial charge < -0.3 is 9.47 Å². The molecule has 5 nitrogen and oxygen atoms in total. The summed E-state index contributed by atoms with van der Waals surface area (Å²) in [7, 11) is 3.08. The zero-order chi connectivity index (χ0) is 14.0. The first-order valence-electron chi connectivity index (χ1n) is 5.85. The Kier molecular flexibility index (Phi) is 3.95. The van der Waals surface area contributed by atoms with Gasteiger partial charge in [0.2, 0.25) is 5.91 Å². The van der Waals surface area contributed by atoms with Crippen LogP contribution in [0.2, 0.25) is 5.02 Å². The van der Waals surface area contributed by atoms with E-state index in [1.165, 1.54) is 7.11 Å². The van der Waals surface area contributed by atoms with E-state index in [4.69, 9.17) is 21.1 Å². The van der Waals surface area contributed by atoms with Crippen LogP contribution in [0.5, 0.6) is 11.5 Å². The molecule has 1 aromatic carbocycles. The summed E-state index contributed by atoms with van der Waals surface area (Å²) >= 11 is 6.22. The van der Waals surface area contributed by atoms with Crippen LogP contribution in [0.1, 0.15) is 18.9 Å². The van der Waals surface area contributed by atoms with E-state index in [9.17, 15) is 4.79 Å². The van der Waals surface area contributed by atoms with E-state index in [1.54, 1.807) is 13.2 Å². The molecule has 0 spiro atoms. The van der Waals surface area contributed by atoms with Gasteiger partial charge in [0.1, 0.15) is 16.5 Å². The number of hydrazone groups is 1. The van der Waals surface area contributed by atoms with Crippen molar-refractivity contribution < 1.29 is 14.3 Å². The summed E-state index contributed by atoms with van der Waals surface area (Å²) in [6, 6.07) is 3.59. The summed E-state index contributed by atoms with van der Waals surface area (Å²) in [5, 5.41) is 4.50. The van der Waals surface area contributed by atoms with Gasteiger partial charge in [-0.3, -0.25) is 4.79 Å². The molecule has 1 atom stereocenters. The van der Waals surface area contributed by atoms with E-state index in [0.717, 1.165) is 11.3 Å². The van der Waals surface area contributed by atoms with E-state index < -0.39 is 0 Å². The van der Waals surface area contributed by atoms with Crippen molar-refractivity contribution >= 4 is 23.2 Å². The Morgan fingerprint density at radius 2 is 2.11 bits per heavy atom. The fourth-order valence-electron chi connectivity index (χ4n) is 2.08. The van der Waals surface area contributed by atoms with Crippen LogP contribution in [0, 0.1) is 5.92 Å². The molecule has 1 aromatic rings. The number of ether oxygens (including phenoxy) is 2. The molecule has 6 heteroatoms. The molecule has 0 saturated heterocycles. The van der Waals surface area contributed by atoms with Gasteiger partial charge in [-0.25, -0.2) is 5.43 Å². The molecule has 0 saturated carbocycles. The van der Waals surface area contributed by atoms with Crippen molar-refractivity contribution in [2.75, 3.05) is 14.2 Å². The van der Waals surface area contributed by atoms with Gasteiger partial charge in [0.15, 0.2) is 0 Å². The van der Waals surface area contributed by atoms with Crippen molar-refractivity contribution in [2.45, 2.75) is 13.3 Å². The smallest absolute Gasteiger partial charge is 0.240 e. The van der Waals surface area contributed by atoms with Crippen LogP contribution in [0.25, 0.3) is 0 Å². The first kappa shape index (κ1) is 13.7. The predicted molar refractivity (Wildman–Crippen MR) is 73.0 cm³/mol. The van der Waals surface area contributed by atoms with Crippen molar-refractivity contribution in [3.8, 4) is 11.5 Å². The lowest BCUT2D eigenvalue weighted by Crippen LogP contribution is -2.32. The van der Waals surface area contributed by atoms with Crippen molar-refractivity contribution in [3.63, 3.8) is 0 Å². The highest BCUT2D eigenvalue weighted by Gasteiger charge is 2.25. The summed E-state index contributed by atoms with van der Waals surface area (Å²) < 4.78 is 10.5. The third-order valence-electron chi connectivity index (χ3n) is 3.02. The highest BCUT2D eigenvalue weighted by Crippen LogP contribution is 2.38. The van der Waals surface area contributed by atoms with E-state index in [-0.39, 0.29) is 11.8 Å². The Morgan fingerprint density at radius 1 is 1.37 bits per heavy atom. The van der Waals surface area contributed by atoms with Crippen LogP contribution < -0.4 is 14.9 Å². The number of hydrogen-bond acceptors (Lipinski definition) is 4. The van der Waals surface area contributed by atoms with Crippen LogP contribution in [-0.2, 0) is 4.79 Å². The maximum absolute atomic E-state index is 11.3. The molecular weight excluding hydrogens is 268 g/mol. The molecule has 0 fully saturated rings. The van der Waals surface area contributed by atoms with Crippen LogP contribution >= 0.6 is 11.6 Å². The maximum Gasteiger partial charge on any atom is 0.240 e.